The van der Waals surface area contributed by atoms with Crippen molar-refractivity contribution in [3.8, 4) is 6.07 Å². The van der Waals surface area contributed by atoms with Gasteiger partial charge >= 0.3 is 0 Å². The van der Waals surface area contributed by atoms with Gasteiger partial charge in [0.05, 0.1) is 6.54 Å². The summed E-state index contributed by atoms with van der Waals surface area (Å²) in [6, 6.07) is 17.3. The predicted octanol–water partition coefficient (Wildman–Crippen LogP) is 4.36. The minimum absolute atomic E-state index is 0.0358. The lowest BCUT2D eigenvalue weighted by Crippen LogP contribution is -2.49. The molecule has 3 aromatic rings. The van der Waals surface area contributed by atoms with Crippen LogP contribution < -0.4 is 10.6 Å². The maximum atomic E-state index is 13.7. The number of hydrogen-bond acceptors (Lipinski definition) is 7. The molecule has 2 saturated heterocycles. The Morgan fingerprint density at radius 3 is 2.52 bits per heavy atom. The third-order valence-corrected chi connectivity index (χ3v) is 7.42. The van der Waals surface area contributed by atoms with E-state index < -0.39 is 11.8 Å². The maximum Gasteiger partial charge on any atom is 0.245 e. The van der Waals surface area contributed by atoms with Gasteiger partial charge in [-0.1, -0.05) is 30.3 Å². The molecule has 2 aliphatic heterocycles. The number of anilines is 1. The van der Waals surface area contributed by atoms with Crippen LogP contribution in [-0.2, 0) is 9.59 Å². The average Bonchev–Trinajstić information content (AvgIpc) is 3.60. The molecule has 9 heteroatoms. The van der Waals surface area contributed by atoms with Crippen LogP contribution in [0.25, 0.3) is 11.0 Å². The van der Waals surface area contributed by atoms with Crippen LogP contribution in [0.2, 0.25) is 0 Å². The molecule has 9 nitrogen and oxygen atoms in total. The third-order valence-electron chi connectivity index (χ3n) is 7.42. The minimum Gasteiger partial charge on any atom is -0.461 e. The number of amides is 2. The number of aryl methyl sites for hydroxylation is 1. The zero-order valence-corrected chi connectivity index (χ0v) is 22.6. The largest absolute Gasteiger partial charge is 0.461 e. The summed E-state index contributed by atoms with van der Waals surface area (Å²) in [6.07, 6.45) is 4.02. The second-order valence-electron chi connectivity index (χ2n) is 10.3. The molecule has 3 heterocycles. The van der Waals surface area contributed by atoms with Crippen molar-refractivity contribution in [3.05, 3.63) is 77.3 Å². The first kappa shape index (κ1) is 27.0. The summed E-state index contributed by atoms with van der Waals surface area (Å²) in [4.78, 5) is 43.4. The Labute approximate surface area is 233 Å². The number of nitriles is 1. The number of allylic oxidation sites excluding steroid dienone is 1. The second kappa shape index (κ2) is 12.1. The van der Waals surface area contributed by atoms with E-state index in [0.29, 0.717) is 24.2 Å². The molecule has 2 fully saturated rings. The van der Waals surface area contributed by atoms with Crippen molar-refractivity contribution in [2.45, 2.75) is 45.1 Å². The second-order valence-corrected chi connectivity index (χ2v) is 10.3. The summed E-state index contributed by atoms with van der Waals surface area (Å²) in [6.45, 7) is 3.85. The number of carbonyl (C=O) groups excluding carboxylic acids is 3. The van der Waals surface area contributed by atoms with Gasteiger partial charge in [0.2, 0.25) is 17.6 Å². The zero-order chi connectivity index (χ0) is 28.1. The molecule has 40 heavy (non-hydrogen) atoms. The molecule has 0 radical (unpaired) electrons. The van der Waals surface area contributed by atoms with Crippen LogP contribution in [0.3, 0.4) is 0 Å². The van der Waals surface area contributed by atoms with E-state index in [4.69, 9.17) is 4.42 Å². The van der Waals surface area contributed by atoms with Gasteiger partial charge in [-0.2, -0.15) is 5.26 Å². The van der Waals surface area contributed by atoms with Gasteiger partial charge in [-0.25, -0.2) is 0 Å². The van der Waals surface area contributed by atoms with Crippen LogP contribution in [-0.4, -0.2) is 59.6 Å². The summed E-state index contributed by atoms with van der Waals surface area (Å²) < 4.78 is 5.68. The van der Waals surface area contributed by atoms with E-state index in [0.717, 1.165) is 55.5 Å². The number of carbonyl (C=O) groups is 3. The van der Waals surface area contributed by atoms with Crippen molar-refractivity contribution in [2.24, 2.45) is 0 Å². The van der Waals surface area contributed by atoms with Crippen LogP contribution in [0, 0.1) is 18.3 Å². The molecule has 0 spiro atoms. The number of benzene rings is 2. The number of ketones is 1. The lowest BCUT2D eigenvalue weighted by Gasteiger charge is -2.28. The Morgan fingerprint density at radius 2 is 1.77 bits per heavy atom. The molecular formula is C31H33N5O4. The molecule has 2 aliphatic rings. The standard InChI is InChI=1S/C31H33N5O4/c1-21-17-23-18-24(12-13-27(23)40-21)33-30(25(19-32)29(38)22-9-3-2-4-10-22)34-26-11-5-6-16-36(31(26)39)20-28(37)35-14-7-8-15-35/h2-4,9-10,12-13,17-18,26,33-34H,5-8,11,14-16,20H2,1H3/b30-25-/t26-/m0/s1. The summed E-state index contributed by atoms with van der Waals surface area (Å²) in [5.74, 6) is 0.212. The molecule has 0 bridgehead atoms. The third kappa shape index (κ3) is 6.01. The summed E-state index contributed by atoms with van der Waals surface area (Å²) >= 11 is 0. The smallest absolute Gasteiger partial charge is 0.245 e. The van der Waals surface area contributed by atoms with Crippen molar-refractivity contribution in [3.63, 3.8) is 0 Å². The number of nitrogens with one attached hydrogen (secondary N) is 2. The molecule has 1 aromatic heterocycles. The number of fused-ring (bicyclic) bond motifs is 1. The first-order valence-corrected chi connectivity index (χ1v) is 13.8. The summed E-state index contributed by atoms with van der Waals surface area (Å²) in [5, 5.41) is 17.4. The fraction of sp³-hybridized carbons (Fsp3) is 0.355. The van der Waals surface area contributed by atoms with Crippen molar-refractivity contribution in [1.82, 2.24) is 15.1 Å². The minimum atomic E-state index is -0.705. The van der Waals surface area contributed by atoms with Crippen LogP contribution in [0.5, 0.6) is 0 Å². The topological polar surface area (TPSA) is 119 Å². The summed E-state index contributed by atoms with van der Waals surface area (Å²) in [7, 11) is 0. The number of likely N-dealkylation sites (tertiary alicyclic amines) is 2. The number of rotatable bonds is 8. The molecular weight excluding hydrogens is 506 g/mol. The number of nitrogens with zero attached hydrogens (tertiary/aromatic N) is 3. The van der Waals surface area contributed by atoms with Crippen LogP contribution in [0.1, 0.15) is 48.2 Å². The van der Waals surface area contributed by atoms with Gasteiger partial charge in [0.25, 0.3) is 0 Å². The van der Waals surface area contributed by atoms with Gasteiger partial charge in [-0.15, -0.1) is 0 Å². The highest BCUT2D eigenvalue weighted by atomic mass is 16.3. The lowest BCUT2D eigenvalue weighted by molar-refractivity contribution is -0.140. The fourth-order valence-electron chi connectivity index (χ4n) is 5.32. The van der Waals surface area contributed by atoms with Gasteiger partial charge in [-0.05, 0) is 63.3 Å². The number of hydrogen-bond donors (Lipinski definition) is 2. The fourth-order valence-corrected chi connectivity index (χ4v) is 5.32. The highest BCUT2D eigenvalue weighted by molar-refractivity contribution is 6.12. The summed E-state index contributed by atoms with van der Waals surface area (Å²) in [5.41, 5.74) is 1.59. The first-order valence-electron chi connectivity index (χ1n) is 13.8. The van der Waals surface area contributed by atoms with E-state index in [1.54, 1.807) is 41.3 Å². The van der Waals surface area contributed by atoms with Crippen molar-refractivity contribution < 1.29 is 18.8 Å². The van der Waals surface area contributed by atoms with Crippen molar-refractivity contribution in [2.75, 3.05) is 31.5 Å². The van der Waals surface area contributed by atoms with Gasteiger partial charge in [0.15, 0.2) is 0 Å². The normalized spacial score (nSPS) is 18.2. The van der Waals surface area contributed by atoms with Gasteiger partial charge in [0, 0.05) is 36.3 Å². The molecule has 5 rings (SSSR count). The van der Waals surface area contributed by atoms with E-state index in [1.165, 1.54) is 0 Å². The highest BCUT2D eigenvalue weighted by Crippen LogP contribution is 2.25. The molecule has 2 amide bonds. The lowest BCUT2D eigenvalue weighted by atomic mass is 10.0. The maximum absolute atomic E-state index is 13.7. The van der Waals surface area contributed by atoms with E-state index in [9.17, 15) is 19.6 Å². The Hall–Kier alpha value is -4.58. The molecule has 1 atom stereocenters. The van der Waals surface area contributed by atoms with Gasteiger partial charge in [0.1, 0.15) is 34.8 Å². The Balaban J connectivity index is 1.45. The van der Waals surface area contributed by atoms with Gasteiger partial charge in [-0.3, -0.25) is 14.4 Å². The van der Waals surface area contributed by atoms with Crippen molar-refractivity contribution in [1.29, 1.82) is 5.26 Å². The number of Topliss-reactive ketones (excluding diaryl/α,β-unsaturated/α-hetero) is 1. The van der Waals surface area contributed by atoms with E-state index in [2.05, 4.69) is 16.7 Å². The predicted molar refractivity (Wildman–Crippen MR) is 151 cm³/mol. The molecule has 206 valence electrons. The molecule has 0 unspecified atom stereocenters. The Kier molecular flexibility index (Phi) is 8.15. The van der Waals surface area contributed by atoms with E-state index in [1.807, 2.05) is 30.0 Å². The molecule has 2 aromatic carbocycles. The average molecular weight is 540 g/mol. The molecule has 0 saturated carbocycles. The highest BCUT2D eigenvalue weighted by Gasteiger charge is 2.31. The molecule has 0 aliphatic carbocycles. The monoisotopic (exact) mass is 539 g/mol. The Morgan fingerprint density at radius 1 is 1.02 bits per heavy atom. The van der Waals surface area contributed by atoms with E-state index >= 15 is 0 Å². The van der Waals surface area contributed by atoms with Gasteiger partial charge < -0.3 is 24.9 Å². The van der Waals surface area contributed by atoms with Crippen LogP contribution >= 0.6 is 0 Å². The van der Waals surface area contributed by atoms with Crippen molar-refractivity contribution >= 4 is 34.3 Å². The SMILES string of the molecule is Cc1cc2cc(N/C(N[C@H]3CCCCN(CC(=O)N4CCCC4)C3=O)=C(\C#N)C(=O)c3ccccc3)ccc2o1. The van der Waals surface area contributed by atoms with Crippen LogP contribution in [0.15, 0.2) is 70.4 Å². The van der Waals surface area contributed by atoms with E-state index in [-0.39, 0.29) is 29.8 Å². The zero-order valence-electron chi connectivity index (χ0n) is 22.6. The quantitative estimate of drug-likeness (QED) is 0.248. The number of furan rings is 1. The molecule has 2 N–H and O–H groups in total. The van der Waals surface area contributed by atoms with Crippen LogP contribution in [0.4, 0.5) is 5.69 Å². The first-order chi connectivity index (χ1) is 19.4. The Bertz CT molecular complexity index is 1480.